The minimum Gasteiger partial charge on any atom is -0.326 e. The average Bonchev–Trinajstić information content (AvgIpc) is 2.66. The van der Waals surface area contributed by atoms with Gasteiger partial charge in [0.25, 0.3) is 5.69 Å². The molecule has 1 N–H and O–H groups in total. The largest absolute Gasteiger partial charge is 0.326 e. The summed E-state index contributed by atoms with van der Waals surface area (Å²) in [5, 5.41) is 13.8. The van der Waals surface area contributed by atoms with Crippen molar-refractivity contribution in [1.29, 1.82) is 0 Å². The van der Waals surface area contributed by atoms with Crippen molar-refractivity contribution in [2.75, 3.05) is 5.32 Å². The number of non-ortho nitro benzene ring substituents is 1. The Hall–Kier alpha value is -2.05. The van der Waals surface area contributed by atoms with Crippen molar-refractivity contribution in [2.45, 2.75) is 41.2 Å². The summed E-state index contributed by atoms with van der Waals surface area (Å²) in [7, 11) is 0. The zero-order valence-electron chi connectivity index (χ0n) is 14.7. The molecule has 1 saturated carbocycles. The van der Waals surface area contributed by atoms with Gasteiger partial charge in [0.05, 0.1) is 4.92 Å². The molecule has 7 heteroatoms. The van der Waals surface area contributed by atoms with Crippen molar-refractivity contribution in [2.24, 2.45) is 5.92 Å². The lowest BCUT2D eigenvalue weighted by atomic mass is 9.86. The maximum Gasteiger partial charge on any atom is 0.269 e. The molecule has 1 aliphatic rings. The number of nitrogens with zero attached hydrogens (tertiary/aromatic N) is 1. The summed E-state index contributed by atoms with van der Waals surface area (Å²) in [6.07, 6.45) is 3.35. The molecule has 0 saturated heterocycles. The average molecular weight is 405 g/mol. The molecule has 3 rings (SSSR count). The number of nitro groups is 1. The Bertz CT molecular complexity index is 786. The molecule has 0 aromatic heterocycles. The van der Waals surface area contributed by atoms with Gasteiger partial charge < -0.3 is 5.32 Å². The van der Waals surface area contributed by atoms with Gasteiger partial charge in [-0.3, -0.25) is 14.9 Å². The third-order valence-electron chi connectivity index (χ3n) is 4.71. The van der Waals surface area contributed by atoms with Gasteiger partial charge in [-0.1, -0.05) is 24.6 Å². The lowest BCUT2D eigenvalue weighted by molar-refractivity contribution is -0.384. The number of nitrogens with one attached hydrogen (secondary N) is 1. The number of carbonyl (C=O) groups excluding carboxylic acids is 1. The summed E-state index contributed by atoms with van der Waals surface area (Å²) in [5.41, 5.74) is 0.877. The first-order valence-corrected chi connectivity index (χ1v) is 10.2. The molecule has 1 fully saturated rings. The molecule has 142 valence electrons. The maximum atomic E-state index is 12.4. The van der Waals surface area contributed by atoms with E-state index in [0.29, 0.717) is 6.42 Å². The van der Waals surface area contributed by atoms with Crippen LogP contribution in [0.3, 0.4) is 0 Å². The minimum atomic E-state index is -0.402. The van der Waals surface area contributed by atoms with Crippen LogP contribution in [-0.2, 0) is 4.79 Å². The van der Waals surface area contributed by atoms with Gasteiger partial charge in [-0.15, -0.1) is 23.4 Å². The van der Waals surface area contributed by atoms with Crippen molar-refractivity contribution >= 4 is 40.6 Å². The number of rotatable bonds is 6. The number of nitro benzene ring substituents is 1. The molecule has 1 amide bonds. The number of halogens is 1. The summed E-state index contributed by atoms with van der Waals surface area (Å²) in [4.78, 5) is 23.7. The first-order chi connectivity index (χ1) is 13.0. The summed E-state index contributed by atoms with van der Waals surface area (Å²) < 4.78 is 0. The lowest BCUT2D eigenvalue weighted by Crippen LogP contribution is -2.33. The second-order valence-electron chi connectivity index (χ2n) is 6.66. The zero-order chi connectivity index (χ0) is 19.2. The summed E-state index contributed by atoms with van der Waals surface area (Å²) in [6, 6.07) is 16.0. The highest BCUT2D eigenvalue weighted by Crippen LogP contribution is 2.41. The van der Waals surface area contributed by atoms with Gasteiger partial charge in [-0.05, 0) is 43.0 Å². The Balaban J connectivity index is 1.57. The third kappa shape index (κ3) is 5.47. The van der Waals surface area contributed by atoms with E-state index in [1.165, 1.54) is 12.1 Å². The van der Waals surface area contributed by atoms with E-state index in [9.17, 15) is 14.9 Å². The highest BCUT2D eigenvalue weighted by atomic mass is 35.5. The molecule has 5 nitrogen and oxygen atoms in total. The molecule has 2 aromatic carbocycles. The first kappa shape index (κ1) is 19.7. The van der Waals surface area contributed by atoms with E-state index in [4.69, 9.17) is 11.6 Å². The Morgan fingerprint density at radius 1 is 1.15 bits per heavy atom. The molecule has 0 heterocycles. The SMILES string of the molecule is O=C(CC1CCCC(Sc2ccc([N+](=O)[O-])cc2)C1Cl)Nc1ccccc1. The topological polar surface area (TPSA) is 72.2 Å². The van der Waals surface area contributed by atoms with E-state index in [2.05, 4.69) is 5.32 Å². The normalized spacial score (nSPS) is 22.2. The van der Waals surface area contributed by atoms with E-state index in [-0.39, 0.29) is 28.1 Å². The fraction of sp³-hybridized carbons (Fsp3) is 0.350. The van der Waals surface area contributed by atoms with Gasteiger partial charge in [0.15, 0.2) is 0 Å². The van der Waals surface area contributed by atoms with Crippen molar-refractivity contribution < 1.29 is 9.72 Å². The van der Waals surface area contributed by atoms with Crippen LogP contribution in [0.2, 0.25) is 0 Å². The summed E-state index contributed by atoms with van der Waals surface area (Å²) >= 11 is 8.36. The molecular formula is C20H21ClN2O3S. The van der Waals surface area contributed by atoms with Crippen LogP contribution >= 0.6 is 23.4 Å². The highest BCUT2D eigenvalue weighted by Gasteiger charge is 2.33. The van der Waals surface area contributed by atoms with Crippen LogP contribution in [0.5, 0.6) is 0 Å². The van der Waals surface area contributed by atoms with E-state index in [1.54, 1.807) is 23.9 Å². The van der Waals surface area contributed by atoms with Gasteiger partial charge in [0.1, 0.15) is 0 Å². The lowest BCUT2D eigenvalue weighted by Gasteiger charge is -2.33. The first-order valence-electron chi connectivity index (χ1n) is 8.93. The molecule has 0 bridgehead atoms. The third-order valence-corrected chi connectivity index (χ3v) is 6.90. The van der Waals surface area contributed by atoms with Crippen molar-refractivity contribution in [1.82, 2.24) is 0 Å². The van der Waals surface area contributed by atoms with Gasteiger partial charge in [-0.25, -0.2) is 0 Å². The predicted molar refractivity (Wildman–Crippen MR) is 109 cm³/mol. The molecule has 3 unspecified atom stereocenters. The second kappa shape index (κ2) is 9.24. The molecular weight excluding hydrogens is 384 g/mol. The predicted octanol–water partition coefficient (Wildman–Crippen LogP) is 5.49. The van der Waals surface area contributed by atoms with E-state index < -0.39 is 4.92 Å². The summed E-state index contributed by atoms with van der Waals surface area (Å²) in [6.45, 7) is 0. The standard InChI is InChI=1S/C20H21ClN2O3S/c21-20-14(13-19(24)22-15-6-2-1-3-7-15)5-4-8-18(20)27-17-11-9-16(10-12-17)23(25)26/h1-3,6-7,9-12,14,18,20H,4-5,8,13H2,(H,22,24). The fourth-order valence-electron chi connectivity index (χ4n) is 3.33. The molecule has 27 heavy (non-hydrogen) atoms. The second-order valence-corrected chi connectivity index (χ2v) is 8.48. The zero-order valence-corrected chi connectivity index (χ0v) is 16.3. The smallest absolute Gasteiger partial charge is 0.269 e. The number of benzene rings is 2. The molecule has 2 aromatic rings. The number of thioether (sulfide) groups is 1. The van der Waals surface area contributed by atoms with Crippen LogP contribution in [0.4, 0.5) is 11.4 Å². The van der Waals surface area contributed by atoms with Crippen molar-refractivity contribution in [3.8, 4) is 0 Å². The molecule has 1 aliphatic carbocycles. The minimum absolute atomic E-state index is 0.0159. The maximum absolute atomic E-state index is 12.4. The van der Waals surface area contributed by atoms with Crippen LogP contribution in [0, 0.1) is 16.0 Å². The molecule has 3 atom stereocenters. The van der Waals surface area contributed by atoms with Gasteiger partial charge >= 0.3 is 0 Å². The number of amides is 1. The quantitative estimate of drug-likeness (QED) is 0.392. The van der Waals surface area contributed by atoms with E-state index >= 15 is 0 Å². The van der Waals surface area contributed by atoms with Gasteiger partial charge in [0, 0.05) is 39.8 Å². The number of anilines is 1. The van der Waals surface area contributed by atoms with Crippen LogP contribution < -0.4 is 5.32 Å². The Morgan fingerprint density at radius 3 is 2.52 bits per heavy atom. The van der Waals surface area contributed by atoms with Gasteiger partial charge in [0.2, 0.25) is 5.91 Å². The molecule has 0 radical (unpaired) electrons. The monoisotopic (exact) mass is 404 g/mol. The Morgan fingerprint density at radius 2 is 1.85 bits per heavy atom. The van der Waals surface area contributed by atoms with Gasteiger partial charge in [-0.2, -0.15) is 0 Å². The number of hydrogen-bond acceptors (Lipinski definition) is 4. The number of hydrogen-bond donors (Lipinski definition) is 1. The highest BCUT2D eigenvalue weighted by molar-refractivity contribution is 8.00. The van der Waals surface area contributed by atoms with E-state index in [1.807, 2.05) is 30.3 Å². The van der Waals surface area contributed by atoms with Crippen molar-refractivity contribution in [3.05, 3.63) is 64.7 Å². The summed E-state index contributed by atoms with van der Waals surface area (Å²) in [5.74, 6) is 0.109. The number of carbonyl (C=O) groups is 1. The molecule has 0 aliphatic heterocycles. The number of para-hydroxylation sites is 1. The number of alkyl halides is 1. The van der Waals surface area contributed by atoms with Crippen LogP contribution in [-0.4, -0.2) is 21.5 Å². The Labute approximate surface area is 167 Å². The molecule has 0 spiro atoms. The van der Waals surface area contributed by atoms with E-state index in [0.717, 1.165) is 29.8 Å². The van der Waals surface area contributed by atoms with Crippen LogP contribution in [0.15, 0.2) is 59.5 Å². The van der Waals surface area contributed by atoms with Crippen LogP contribution in [0.25, 0.3) is 0 Å². The Kier molecular flexibility index (Phi) is 6.74. The van der Waals surface area contributed by atoms with Crippen LogP contribution in [0.1, 0.15) is 25.7 Å². The fourth-order valence-corrected chi connectivity index (χ4v) is 5.11. The van der Waals surface area contributed by atoms with Crippen molar-refractivity contribution in [3.63, 3.8) is 0 Å².